The monoisotopic (exact) mass is 262 g/mol. The van der Waals surface area contributed by atoms with Gasteiger partial charge in [-0.3, -0.25) is 0 Å². The zero-order chi connectivity index (χ0) is 10.7. The Bertz CT molecular complexity index is 365. The Hall–Kier alpha value is -0.940. The van der Waals surface area contributed by atoms with Crippen LogP contribution in [0.5, 0.6) is 0 Å². The quantitative estimate of drug-likeness (QED) is 0.874. The molecule has 1 rings (SSSR count). The van der Waals surface area contributed by atoms with E-state index < -0.39 is 11.8 Å². The molecule has 1 aromatic rings. The van der Waals surface area contributed by atoms with Gasteiger partial charge in [-0.15, -0.1) is 0 Å². The lowest BCUT2D eigenvalue weighted by molar-refractivity contribution is 0.0691. The highest BCUT2D eigenvalue weighted by atomic mass is 79.9. The third-order valence-electron chi connectivity index (χ3n) is 1.78. The standard InChI is InChI=1S/C9H8BrFO3/c10-7-2-1-6(9(13)14)8(11)5(7)3-4-12/h1-2,12H,3-4H2,(H,13,14). The number of carbonyl (C=O) groups is 1. The van der Waals surface area contributed by atoms with Crippen molar-refractivity contribution in [3.8, 4) is 0 Å². The van der Waals surface area contributed by atoms with Crippen molar-refractivity contribution in [1.82, 2.24) is 0 Å². The fourth-order valence-corrected chi connectivity index (χ4v) is 1.61. The van der Waals surface area contributed by atoms with Gasteiger partial charge >= 0.3 is 5.97 Å². The van der Waals surface area contributed by atoms with Crippen molar-refractivity contribution in [1.29, 1.82) is 0 Å². The number of benzene rings is 1. The van der Waals surface area contributed by atoms with Crippen LogP contribution in [0, 0.1) is 5.82 Å². The third-order valence-corrected chi connectivity index (χ3v) is 2.52. The van der Waals surface area contributed by atoms with Crippen molar-refractivity contribution < 1.29 is 19.4 Å². The first-order chi connectivity index (χ1) is 6.57. The lowest BCUT2D eigenvalue weighted by Gasteiger charge is -2.06. The second-order valence-corrected chi connectivity index (χ2v) is 3.52. The van der Waals surface area contributed by atoms with Crippen molar-refractivity contribution in [2.45, 2.75) is 6.42 Å². The van der Waals surface area contributed by atoms with Crippen LogP contribution in [0.4, 0.5) is 4.39 Å². The van der Waals surface area contributed by atoms with Crippen LogP contribution in [-0.2, 0) is 6.42 Å². The van der Waals surface area contributed by atoms with Gasteiger partial charge in [0.15, 0.2) is 0 Å². The average molecular weight is 263 g/mol. The van der Waals surface area contributed by atoms with Crippen LogP contribution in [0.3, 0.4) is 0 Å². The Labute approximate surface area is 88.3 Å². The van der Waals surface area contributed by atoms with Gasteiger partial charge in [-0.1, -0.05) is 15.9 Å². The predicted octanol–water partition coefficient (Wildman–Crippen LogP) is 1.82. The van der Waals surface area contributed by atoms with Crippen molar-refractivity contribution in [2.75, 3.05) is 6.61 Å². The number of hydrogen-bond acceptors (Lipinski definition) is 2. The van der Waals surface area contributed by atoms with Crippen molar-refractivity contribution in [3.05, 3.63) is 33.5 Å². The largest absolute Gasteiger partial charge is 0.478 e. The normalized spacial score (nSPS) is 10.2. The average Bonchev–Trinajstić information content (AvgIpc) is 2.11. The van der Waals surface area contributed by atoms with E-state index in [0.717, 1.165) is 0 Å². The van der Waals surface area contributed by atoms with Crippen LogP contribution in [0.25, 0.3) is 0 Å². The molecule has 0 aliphatic carbocycles. The number of hydrogen-bond donors (Lipinski definition) is 2. The number of halogens is 2. The first kappa shape index (κ1) is 11.1. The summed E-state index contributed by atoms with van der Waals surface area (Å²) in [4.78, 5) is 10.6. The molecule has 0 fully saturated rings. The van der Waals surface area contributed by atoms with Crippen LogP contribution < -0.4 is 0 Å². The Morgan fingerprint density at radius 2 is 2.14 bits per heavy atom. The van der Waals surface area contributed by atoms with E-state index >= 15 is 0 Å². The molecule has 0 aliphatic rings. The molecule has 0 aromatic heterocycles. The van der Waals surface area contributed by atoms with E-state index in [4.69, 9.17) is 10.2 Å². The fourth-order valence-electron chi connectivity index (χ4n) is 1.10. The first-order valence-corrected chi connectivity index (χ1v) is 4.68. The second kappa shape index (κ2) is 4.52. The number of carboxylic acid groups (broad SMARTS) is 1. The summed E-state index contributed by atoms with van der Waals surface area (Å²) >= 11 is 3.09. The molecule has 0 atom stereocenters. The lowest BCUT2D eigenvalue weighted by Crippen LogP contribution is -2.05. The highest BCUT2D eigenvalue weighted by Gasteiger charge is 2.15. The molecule has 0 aliphatic heterocycles. The Morgan fingerprint density at radius 3 is 2.64 bits per heavy atom. The minimum absolute atomic E-state index is 0.0908. The fraction of sp³-hybridized carbons (Fsp3) is 0.222. The smallest absolute Gasteiger partial charge is 0.338 e. The Kier molecular flexibility index (Phi) is 3.60. The molecule has 0 spiro atoms. The number of carboxylic acids is 1. The van der Waals surface area contributed by atoms with Crippen LogP contribution in [0.15, 0.2) is 16.6 Å². The van der Waals surface area contributed by atoms with E-state index in [2.05, 4.69) is 15.9 Å². The molecule has 0 amide bonds. The zero-order valence-electron chi connectivity index (χ0n) is 7.13. The van der Waals surface area contributed by atoms with E-state index in [1.807, 2.05) is 0 Å². The summed E-state index contributed by atoms with van der Waals surface area (Å²) in [5, 5.41) is 17.3. The molecule has 5 heteroatoms. The summed E-state index contributed by atoms with van der Waals surface area (Å²) in [7, 11) is 0. The van der Waals surface area contributed by atoms with Gasteiger partial charge in [0.1, 0.15) is 5.82 Å². The van der Waals surface area contributed by atoms with Crippen LogP contribution in [0.1, 0.15) is 15.9 Å². The summed E-state index contributed by atoms with van der Waals surface area (Å²) < 4.78 is 13.9. The number of rotatable bonds is 3. The summed E-state index contributed by atoms with van der Waals surface area (Å²) in [6.07, 6.45) is 0.0908. The predicted molar refractivity (Wildman–Crippen MR) is 51.8 cm³/mol. The third kappa shape index (κ3) is 2.10. The molecule has 1 aromatic carbocycles. The molecule has 76 valence electrons. The molecule has 0 bridgehead atoms. The van der Waals surface area contributed by atoms with E-state index in [1.54, 1.807) is 0 Å². The highest BCUT2D eigenvalue weighted by Crippen LogP contribution is 2.23. The lowest BCUT2D eigenvalue weighted by atomic mass is 10.1. The molecule has 0 unspecified atom stereocenters. The summed E-state index contributed by atoms with van der Waals surface area (Å²) in [6, 6.07) is 2.64. The maximum Gasteiger partial charge on any atom is 0.338 e. The molecule has 0 saturated heterocycles. The topological polar surface area (TPSA) is 57.5 Å². The Morgan fingerprint density at radius 1 is 1.50 bits per heavy atom. The molecule has 2 N–H and O–H groups in total. The van der Waals surface area contributed by atoms with E-state index in [1.165, 1.54) is 12.1 Å². The maximum absolute atomic E-state index is 13.4. The van der Waals surface area contributed by atoms with E-state index in [0.29, 0.717) is 4.47 Å². The summed E-state index contributed by atoms with van der Waals surface area (Å²) in [5.41, 5.74) is -0.191. The molecular weight excluding hydrogens is 255 g/mol. The van der Waals surface area contributed by atoms with Crippen LogP contribution >= 0.6 is 15.9 Å². The second-order valence-electron chi connectivity index (χ2n) is 2.67. The zero-order valence-corrected chi connectivity index (χ0v) is 8.71. The number of aromatic carboxylic acids is 1. The van der Waals surface area contributed by atoms with Crippen LogP contribution in [-0.4, -0.2) is 22.8 Å². The molecule has 0 radical (unpaired) electrons. The molecular formula is C9H8BrFO3. The highest BCUT2D eigenvalue weighted by molar-refractivity contribution is 9.10. The van der Waals surface area contributed by atoms with Crippen molar-refractivity contribution >= 4 is 21.9 Å². The number of aliphatic hydroxyl groups excluding tert-OH is 1. The van der Waals surface area contributed by atoms with Gasteiger partial charge in [-0.05, 0) is 18.6 Å². The van der Waals surface area contributed by atoms with Gasteiger partial charge in [0.2, 0.25) is 0 Å². The van der Waals surface area contributed by atoms with E-state index in [9.17, 15) is 9.18 Å². The SMILES string of the molecule is O=C(O)c1ccc(Br)c(CCO)c1F. The van der Waals surface area contributed by atoms with E-state index in [-0.39, 0.29) is 24.2 Å². The van der Waals surface area contributed by atoms with Crippen molar-refractivity contribution in [2.24, 2.45) is 0 Å². The van der Waals surface area contributed by atoms with Gasteiger partial charge in [-0.25, -0.2) is 9.18 Å². The minimum atomic E-state index is -1.31. The summed E-state index contributed by atoms with van der Waals surface area (Å²) in [5.74, 6) is -2.10. The maximum atomic E-state index is 13.4. The first-order valence-electron chi connectivity index (χ1n) is 3.89. The minimum Gasteiger partial charge on any atom is -0.478 e. The summed E-state index contributed by atoms with van der Waals surface area (Å²) in [6.45, 7) is -0.224. The molecule has 14 heavy (non-hydrogen) atoms. The van der Waals surface area contributed by atoms with Crippen molar-refractivity contribution in [3.63, 3.8) is 0 Å². The Balaban J connectivity index is 3.26. The van der Waals surface area contributed by atoms with Gasteiger partial charge < -0.3 is 10.2 Å². The van der Waals surface area contributed by atoms with Gasteiger partial charge in [-0.2, -0.15) is 0 Å². The molecule has 3 nitrogen and oxygen atoms in total. The van der Waals surface area contributed by atoms with Gasteiger partial charge in [0, 0.05) is 16.6 Å². The number of aliphatic hydroxyl groups is 1. The van der Waals surface area contributed by atoms with Gasteiger partial charge in [0.25, 0.3) is 0 Å². The molecule has 0 saturated carbocycles. The molecule has 0 heterocycles. The van der Waals surface area contributed by atoms with Gasteiger partial charge in [0.05, 0.1) is 5.56 Å². The van der Waals surface area contributed by atoms with Crippen LogP contribution in [0.2, 0.25) is 0 Å².